The standard InChI is InChI=1S/C17H25N3O3/c1-20(2)17(22)14-5-3-4-13(10-14)6-7-19-16(21)11-15-12-23-9-8-18-15/h3-5,10,15,18H,6-9,11-12H2,1-2H3,(H,19,21). The Labute approximate surface area is 137 Å². The zero-order valence-electron chi connectivity index (χ0n) is 13.8. The second-order valence-electron chi connectivity index (χ2n) is 5.93. The van der Waals surface area contributed by atoms with E-state index in [2.05, 4.69) is 10.6 Å². The van der Waals surface area contributed by atoms with Crippen LogP contribution in [-0.4, -0.2) is 63.2 Å². The predicted molar refractivity (Wildman–Crippen MR) is 88.4 cm³/mol. The molecule has 0 aliphatic carbocycles. The summed E-state index contributed by atoms with van der Waals surface area (Å²) in [5.41, 5.74) is 1.71. The number of carbonyl (C=O) groups excluding carboxylic acids is 2. The van der Waals surface area contributed by atoms with Crippen molar-refractivity contribution in [3.63, 3.8) is 0 Å². The van der Waals surface area contributed by atoms with Crippen molar-refractivity contribution >= 4 is 11.8 Å². The van der Waals surface area contributed by atoms with E-state index < -0.39 is 0 Å². The molecule has 0 aromatic heterocycles. The normalized spacial score (nSPS) is 17.6. The Balaban J connectivity index is 1.76. The number of ether oxygens (including phenoxy) is 1. The van der Waals surface area contributed by atoms with E-state index in [-0.39, 0.29) is 17.9 Å². The summed E-state index contributed by atoms with van der Waals surface area (Å²) in [5, 5.41) is 6.18. The van der Waals surface area contributed by atoms with Gasteiger partial charge in [0.1, 0.15) is 0 Å². The van der Waals surface area contributed by atoms with Gasteiger partial charge >= 0.3 is 0 Å². The number of hydrogen-bond donors (Lipinski definition) is 2. The molecule has 126 valence electrons. The molecule has 1 fully saturated rings. The second kappa shape index (κ2) is 8.64. The van der Waals surface area contributed by atoms with Crippen LogP contribution >= 0.6 is 0 Å². The Morgan fingerprint density at radius 1 is 1.39 bits per heavy atom. The van der Waals surface area contributed by atoms with E-state index in [1.807, 2.05) is 18.2 Å². The molecule has 23 heavy (non-hydrogen) atoms. The summed E-state index contributed by atoms with van der Waals surface area (Å²) in [5.74, 6) is 0.00720. The third-order valence-corrected chi connectivity index (χ3v) is 3.75. The van der Waals surface area contributed by atoms with Crippen LogP contribution in [-0.2, 0) is 16.0 Å². The van der Waals surface area contributed by atoms with Crippen molar-refractivity contribution in [2.24, 2.45) is 0 Å². The molecule has 1 saturated heterocycles. The minimum atomic E-state index is -0.0146. The Bertz CT molecular complexity index is 540. The highest BCUT2D eigenvalue weighted by molar-refractivity contribution is 5.94. The van der Waals surface area contributed by atoms with Gasteiger partial charge in [-0.3, -0.25) is 9.59 Å². The molecule has 1 heterocycles. The topological polar surface area (TPSA) is 70.7 Å². The van der Waals surface area contributed by atoms with Crippen LogP contribution < -0.4 is 10.6 Å². The lowest BCUT2D eigenvalue weighted by molar-refractivity contribution is -0.122. The van der Waals surface area contributed by atoms with Gasteiger partial charge in [0.25, 0.3) is 5.91 Å². The quantitative estimate of drug-likeness (QED) is 0.797. The van der Waals surface area contributed by atoms with E-state index in [1.165, 1.54) is 0 Å². The van der Waals surface area contributed by atoms with Crippen molar-refractivity contribution in [3.05, 3.63) is 35.4 Å². The third kappa shape index (κ3) is 5.65. The van der Waals surface area contributed by atoms with Crippen molar-refractivity contribution < 1.29 is 14.3 Å². The maximum atomic E-state index is 11.9. The van der Waals surface area contributed by atoms with Crippen LogP contribution in [0.5, 0.6) is 0 Å². The van der Waals surface area contributed by atoms with E-state index in [9.17, 15) is 9.59 Å². The van der Waals surface area contributed by atoms with Gasteiger partial charge in [0.15, 0.2) is 0 Å². The van der Waals surface area contributed by atoms with E-state index >= 15 is 0 Å². The maximum absolute atomic E-state index is 11.9. The molecule has 2 rings (SSSR count). The maximum Gasteiger partial charge on any atom is 0.253 e. The highest BCUT2D eigenvalue weighted by Crippen LogP contribution is 2.08. The highest BCUT2D eigenvalue weighted by atomic mass is 16.5. The fourth-order valence-electron chi connectivity index (χ4n) is 2.51. The van der Waals surface area contributed by atoms with Crippen LogP contribution in [0.3, 0.4) is 0 Å². The number of amides is 2. The van der Waals surface area contributed by atoms with E-state index in [4.69, 9.17) is 4.74 Å². The second-order valence-corrected chi connectivity index (χ2v) is 5.93. The summed E-state index contributed by atoms with van der Waals surface area (Å²) in [6.45, 7) is 2.65. The monoisotopic (exact) mass is 319 g/mol. The summed E-state index contributed by atoms with van der Waals surface area (Å²) in [4.78, 5) is 25.4. The number of carbonyl (C=O) groups is 2. The molecule has 6 nitrogen and oxygen atoms in total. The molecular weight excluding hydrogens is 294 g/mol. The number of hydrogen-bond acceptors (Lipinski definition) is 4. The van der Waals surface area contributed by atoms with Crippen LogP contribution in [0.15, 0.2) is 24.3 Å². The first-order valence-corrected chi connectivity index (χ1v) is 7.94. The van der Waals surface area contributed by atoms with Crippen molar-refractivity contribution in [2.75, 3.05) is 40.4 Å². The smallest absolute Gasteiger partial charge is 0.253 e. The Morgan fingerprint density at radius 2 is 2.22 bits per heavy atom. The molecule has 2 amide bonds. The van der Waals surface area contributed by atoms with Crippen LogP contribution in [0, 0.1) is 0 Å². The molecule has 1 aliphatic heterocycles. The molecule has 0 spiro atoms. The molecule has 1 atom stereocenters. The SMILES string of the molecule is CN(C)C(=O)c1cccc(CCNC(=O)CC2COCCN2)c1. The molecule has 0 radical (unpaired) electrons. The number of nitrogens with zero attached hydrogens (tertiary/aromatic N) is 1. The molecular formula is C17H25N3O3. The molecule has 1 unspecified atom stereocenters. The summed E-state index contributed by atoms with van der Waals surface area (Å²) in [7, 11) is 3.47. The number of nitrogens with one attached hydrogen (secondary N) is 2. The highest BCUT2D eigenvalue weighted by Gasteiger charge is 2.16. The zero-order valence-corrected chi connectivity index (χ0v) is 13.8. The van der Waals surface area contributed by atoms with Gasteiger partial charge in [-0.15, -0.1) is 0 Å². The zero-order chi connectivity index (χ0) is 16.7. The van der Waals surface area contributed by atoms with Gasteiger partial charge < -0.3 is 20.3 Å². The lowest BCUT2D eigenvalue weighted by atomic mass is 10.1. The molecule has 2 N–H and O–H groups in total. The van der Waals surface area contributed by atoms with Gasteiger partial charge in [0, 0.05) is 45.2 Å². The Kier molecular flexibility index (Phi) is 6.55. The van der Waals surface area contributed by atoms with Gasteiger partial charge in [-0.25, -0.2) is 0 Å². The molecule has 0 bridgehead atoms. The van der Waals surface area contributed by atoms with E-state index in [1.54, 1.807) is 25.1 Å². The first kappa shape index (κ1) is 17.4. The first-order valence-electron chi connectivity index (χ1n) is 7.94. The first-order chi connectivity index (χ1) is 11.1. The van der Waals surface area contributed by atoms with Crippen LogP contribution in [0.4, 0.5) is 0 Å². The van der Waals surface area contributed by atoms with Gasteiger partial charge in [-0.2, -0.15) is 0 Å². The lowest BCUT2D eigenvalue weighted by Gasteiger charge is -2.23. The van der Waals surface area contributed by atoms with Crippen LogP contribution in [0.1, 0.15) is 22.3 Å². The van der Waals surface area contributed by atoms with Gasteiger partial charge in [0.05, 0.1) is 13.2 Å². The average Bonchev–Trinajstić information content (AvgIpc) is 2.55. The van der Waals surface area contributed by atoms with Crippen LogP contribution in [0.2, 0.25) is 0 Å². The summed E-state index contributed by atoms with van der Waals surface area (Å²) in [6, 6.07) is 7.63. The van der Waals surface area contributed by atoms with Crippen molar-refractivity contribution in [2.45, 2.75) is 18.9 Å². The largest absolute Gasteiger partial charge is 0.378 e. The minimum absolute atomic E-state index is 0.0146. The van der Waals surface area contributed by atoms with Crippen molar-refractivity contribution in [1.82, 2.24) is 15.5 Å². The molecule has 1 aromatic carbocycles. The number of morpholine rings is 1. The van der Waals surface area contributed by atoms with Crippen molar-refractivity contribution in [1.29, 1.82) is 0 Å². The molecule has 6 heteroatoms. The van der Waals surface area contributed by atoms with Crippen molar-refractivity contribution in [3.8, 4) is 0 Å². The van der Waals surface area contributed by atoms with Gasteiger partial charge in [-0.05, 0) is 24.1 Å². The summed E-state index contributed by atoms with van der Waals surface area (Å²) < 4.78 is 5.33. The summed E-state index contributed by atoms with van der Waals surface area (Å²) >= 11 is 0. The number of rotatable bonds is 6. The Hall–Kier alpha value is -1.92. The van der Waals surface area contributed by atoms with Gasteiger partial charge in [0.2, 0.25) is 5.91 Å². The summed E-state index contributed by atoms with van der Waals surface area (Å²) in [6.07, 6.45) is 1.13. The molecule has 1 aliphatic rings. The average molecular weight is 319 g/mol. The number of benzene rings is 1. The predicted octanol–water partition coefficient (Wildman–Crippen LogP) is 0.426. The third-order valence-electron chi connectivity index (χ3n) is 3.75. The molecule has 0 saturated carbocycles. The van der Waals surface area contributed by atoms with E-state index in [0.717, 1.165) is 12.1 Å². The lowest BCUT2D eigenvalue weighted by Crippen LogP contribution is -2.44. The Morgan fingerprint density at radius 3 is 2.91 bits per heavy atom. The van der Waals surface area contributed by atoms with Crippen LogP contribution in [0.25, 0.3) is 0 Å². The minimum Gasteiger partial charge on any atom is -0.378 e. The fraction of sp³-hybridized carbons (Fsp3) is 0.529. The van der Waals surface area contributed by atoms with E-state index in [0.29, 0.717) is 38.2 Å². The van der Waals surface area contributed by atoms with Gasteiger partial charge in [-0.1, -0.05) is 12.1 Å². The fourth-order valence-corrected chi connectivity index (χ4v) is 2.51. The molecule has 1 aromatic rings.